The van der Waals surface area contributed by atoms with Crippen molar-refractivity contribution in [2.24, 2.45) is 5.92 Å². The molecule has 5 nitrogen and oxygen atoms in total. The van der Waals surface area contributed by atoms with E-state index in [0.717, 1.165) is 57.8 Å². The smallest absolute Gasteiger partial charge is 0.379 e. The minimum atomic E-state index is -4.39. The average molecular weight is 385 g/mol. The van der Waals surface area contributed by atoms with Gasteiger partial charge < -0.3 is 15.0 Å². The molecule has 1 amide bonds. The van der Waals surface area contributed by atoms with Gasteiger partial charge in [-0.05, 0) is 37.0 Å². The summed E-state index contributed by atoms with van der Waals surface area (Å²) in [6, 6.07) is 4.94. The number of amides is 1. The summed E-state index contributed by atoms with van der Waals surface area (Å²) < 4.78 is 43.7. The van der Waals surface area contributed by atoms with Gasteiger partial charge in [-0.15, -0.1) is 0 Å². The van der Waals surface area contributed by atoms with E-state index in [1.54, 1.807) is 6.07 Å². The maximum absolute atomic E-state index is 12.8. The van der Waals surface area contributed by atoms with Crippen molar-refractivity contribution in [3.8, 4) is 0 Å². The molecule has 0 spiro atoms. The van der Waals surface area contributed by atoms with Crippen LogP contribution in [-0.2, 0) is 15.7 Å². The predicted octanol–water partition coefficient (Wildman–Crippen LogP) is 2.69. The summed E-state index contributed by atoms with van der Waals surface area (Å²) in [5.74, 6) is 0.369. The van der Waals surface area contributed by atoms with Crippen molar-refractivity contribution in [3.63, 3.8) is 0 Å². The van der Waals surface area contributed by atoms with E-state index in [1.807, 2.05) is 4.90 Å². The van der Waals surface area contributed by atoms with Crippen molar-refractivity contribution in [2.75, 3.05) is 57.8 Å². The van der Waals surface area contributed by atoms with Crippen molar-refractivity contribution in [1.82, 2.24) is 9.80 Å². The largest absolute Gasteiger partial charge is 0.416 e. The number of rotatable bonds is 5. The summed E-state index contributed by atoms with van der Waals surface area (Å²) in [4.78, 5) is 16.7. The number of alkyl halides is 3. The van der Waals surface area contributed by atoms with E-state index in [0.29, 0.717) is 24.7 Å². The fourth-order valence-corrected chi connectivity index (χ4v) is 3.68. The zero-order chi connectivity index (χ0) is 19.3. The maximum atomic E-state index is 12.8. The van der Waals surface area contributed by atoms with Gasteiger partial charge in [0.1, 0.15) is 0 Å². The van der Waals surface area contributed by atoms with Gasteiger partial charge >= 0.3 is 6.18 Å². The third kappa shape index (κ3) is 5.84. The van der Waals surface area contributed by atoms with Crippen molar-refractivity contribution in [2.45, 2.75) is 19.0 Å². The van der Waals surface area contributed by atoms with Gasteiger partial charge in [0.25, 0.3) is 0 Å². The van der Waals surface area contributed by atoms with Gasteiger partial charge in [-0.25, -0.2) is 0 Å². The molecule has 2 aliphatic rings. The van der Waals surface area contributed by atoms with Crippen LogP contribution in [0.1, 0.15) is 18.4 Å². The van der Waals surface area contributed by atoms with Crippen LogP contribution in [0.25, 0.3) is 0 Å². The van der Waals surface area contributed by atoms with Gasteiger partial charge in [0.2, 0.25) is 5.91 Å². The maximum Gasteiger partial charge on any atom is 0.416 e. The number of morpholine rings is 1. The zero-order valence-electron chi connectivity index (χ0n) is 15.3. The Morgan fingerprint density at radius 2 is 2.00 bits per heavy atom. The van der Waals surface area contributed by atoms with Crippen LogP contribution in [-0.4, -0.2) is 68.2 Å². The number of anilines is 1. The van der Waals surface area contributed by atoms with Crippen LogP contribution in [0.2, 0.25) is 0 Å². The fraction of sp³-hybridized carbons (Fsp3) is 0.632. The molecule has 1 N–H and O–H groups in total. The molecule has 0 saturated carbocycles. The van der Waals surface area contributed by atoms with Crippen molar-refractivity contribution in [1.29, 1.82) is 0 Å². The fourth-order valence-electron chi connectivity index (χ4n) is 3.68. The Morgan fingerprint density at radius 3 is 2.74 bits per heavy atom. The van der Waals surface area contributed by atoms with Gasteiger partial charge in [-0.3, -0.25) is 9.69 Å². The topological polar surface area (TPSA) is 44.8 Å². The third-order valence-corrected chi connectivity index (χ3v) is 5.13. The number of hydrogen-bond acceptors (Lipinski definition) is 4. The number of hydrogen-bond donors (Lipinski definition) is 1. The molecule has 27 heavy (non-hydrogen) atoms. The number of carbonyl (C=O) groups excluding carboxylic acids is 1. The molecule has 2 saturated heterocycles. The van der Waals surface area contributed by atoms with Crippen LogP contribution in [0.4, 0.5) is 18.9 Å². The molecule has 2 fully saturated rings. The van der Waals surface area contributed by atoms with Crippen molar-refractivity contribution in [3.05, 3.63) is 29.8 Å². The Hall–Kier alpha value is -1.80. The molecule has 1 aromatic rings. The quantitative estimate of drug-likeness (QED) is 0.847. The van der Waals surface area contributed by atoms with Gasteiger partial charge in [-0.2, -0.15) is 13.2 Å². The molecule has 2 heterocycles. The Kier molecular flexibility index (Phi) is 6.59. The van der Waals surface area contributed by atoms with Crippen LogP contribution in [0.15, 0.2) is 24.3 Å². The highest BCUT2D eigenvalue weighted by atomic mass is 19.4. The van der Waals surface area contributed by atoms with E-state index in [1.165, 1.54) is 6.07 Å². The van der Waals surface area contributed by atoms with E-state index in [-0.39, 0.29) is 12.5 Å². The lowest BCUT2D eigenvalue weighted by atomic mass is 9.97. The summed E-state index contributed by atoms with van der Waals surface area (Å²) in [6.07, 6.45) is -2.33. The molecule has 1 atom stereocenters. The summed E-state index contributed by atoms with van der Waals surface area (Å²) in [5.41, 5.74) is -0.413. The molecule has 0 unspecified atom stereocenters. The molecule has 0 aliphatic carbocycles. The molecule has 1 aromatic carbocycles. The number of piperidine rings is 1. The number of nitrogens with one attached hydrogen (secondary N) is 1. The number of benzene rings is 1. The Labute approximate surface area is 157 Å². The van der Waals surface area contributed by atoms with E-state index in [2.05, 4.69) is 10.2 Å². The normalized spacial score (nSPS) is 21.9. The molecule has 0 aromatic heterocycles. The summed E-state index contributed by atoms with van der Waals surface area (Å²) >= 11 is 0. The molecule has 150 valence electrons. The van der Waals surface area contributed by atoms with E-state index in [9.17, 15) is 18.0 Å². The summed E-state index contributed by atoms with van der Waals surface area (Å²) in [5, 5.41) is 2.83. The summed E-state index contributed by atoms with van der Waals surface area (Å²) in [6.45, 7) is 5.78. The molecule has 0 radical (unpaired) electrons. The molecular formula is C19H26F3N3O2. The first-order valence-corrected chi connectivity index (χ1v) is 9.41. The molecule has 2 aliphatic heterocycles. The Morgan fingerprint density at radius 1 is 1.22 bits per heavy atom. The predicted molar refractivity (Wildman–Crippen MR) is 96.5 cm³/mol. The number of halogens is 3. The minimum Gasteiger partial charge on any atom is -0.379 e. The van der Waals surface area contributed by atoms with E-state index >= 15 is 0 Å². The van der Waals surface area contributed by atoms with Crippen LogP contribution < -0.4 is 5.32 Å². The molecule has 3 rings (SSSR count). The molecule has 8 heteroatoms. The van der Waals surface area contributed by atoms with Crippen LogP contribution >= 0.6 is 0 Å². The minimum absolute atomic E-state index is 0.00554. The standard InChI is InChI=1S/C19H26F3N3O2/c20-19(21,22)16-4-1-5-17(11-16)23-12-18(26)25-6-2-3-15(14-25)13-24-7-9-27-10-8-24/h1,4-5,11,15,23H,2-3,6-10,12-14H2/t15-/m1/s1. The Bertz CT molecular complexity index is 633. The number of carbonyl (C=O) groups is 1. The van der Waals surface area contributed by atoms with Gasteiger partial charge in [0.05, 0.1) is 25.3 Å². The summed E-state index contributed by atoms with van der Waals surface area (Å²) in [7, 11) is 0. The first-order valence-electron chi connectivity index (χ1n) is 9.41. The first kappa shape index (κ1) is 19.9. The lowest BCUT2D eigenvalue weighted by Gasteiger charge is -2.36. The van der Waals surface area contributed by atoms with Gasteiger partial charge in [0, 0.05) is 38.4 Å². The highest BCUT2D eigenvalue weighted by Crippen LogP contribution is 2.30. The highest BCUT2D eigenvalue weighted by molar-refractivity contribution is 5.81. The third-order valence-electron chi connectivity index (χ3n) is 5.13. The van der Waals surface area contributed by atoms with Crippen molar-refractivity contribution < 1.29 is 22.7 Å². The zero-order valence-corrected chi connectivity index (χ0v) is 15.3. The SMILES string of the molecule is O=C(CNc1cccc(C(F)(F)F)c1)N1CCC[C@H](CN2CCOCC2)C1. The van der Waals surface area contributed by atoms with Crippen molar-refractivity contribution >= 4 is 11.6 Å². The number of nitrogens with zero attached hydrogens (tertiary/aromatic N) is 2. The highest BCUT2D eigenvalue weighted by Gasteiger charge is 2.30. The molecule has 0 bridgehead atoms. The van der Waals surface area contributed by atoms with Gasteiger partial charge in [-0.1, -0.05) is 6.07 Å². The van der Waals surface area contributed by atoms with Crippen LogP contribution in [0.5, 0.6) is 0 Å². The van der Waals surface area contributed by atoms with Crippen LogP contribution in [0.3, 0.4) is 0 Å². The van der Waals surface area contributed by atoms with E-state index < -0.39 is 11.7 Å². The molecular weight excluding hydrogens is 359 g/mol. The first-order chi connectivity index (χ1) is 12.9. The second kappa shape index (κ2) is 8.93. The number of ether oxygens (including phenoxy) is 1. The monoisotopic (exact) mass is 385 g/mol. The second-order valence-corrected chi connectivity index (χ2v) is 7.19. The Balaban J connectivity index is 1.49. The van der Waals surface area contributed by atoms with Gasteiger partial charge in [0.15, 0.2) is 0 Å². The number of likely N-dealkylation sites (tertiary alicyclic amines) is 1. The van der Waals surface area contributed by atoms with Crippen LogP contribution in [0, 0.1) is 5.92 Å². The average Bonchev–Trinajstić information content (AvgIpc) is 2.67. The lowest BCUT2D eigenvalue weighted by Crippen LogP contribution is -2.47. The van der Waals surface area contributed by atoms with E-state index in [4.69, 9.17) is 4.74 Å². The lowest BCUT2D eigenvalue weighted by molar-refractivity contribution is -0.137. The second-order valence-electron chi connectivity index (χ2n) is 7.19.